The summed E-state index contributed by atoms with van der Waals surface area (Å²) in [5.41, 5.74) is 1.47. The molecule has 2 N–H and O–H groups in total. The largest absolute Gasteiger partial charge is 0.482 e. The number of carbonyl (C=O) groups excluding carboxylic acids is 2. The van der Waals surface area contributed by atoms with Gasteiger partial charge in [0.15, 0.2) is 0 Å². The van der Waals surface area contributed by atoms with Gasteiger partial charge < -0.3 is 19.5 Å². The Hall–Kier alpha value is -3.66. The zero-order valence-corrected chi connectivity index (χ0v) is 29.0. The predicted octanol–water partition coefficient (Wildman–Crippen LogP) is 5.81. The SMILES string of the molecule is CC(C)/C=C(\C#N)C(=O)N(C)c1cccc(C[C@@H](NCC(F)(F)F)C(=O)N[C@@H](Cc2ccccc2)B2O[C@@H]3C[C@@H]4C[C@@H](C4(C)C)[C@]3(C)O2)c1. The van der Waals surface area contributed by atoms with Crippen LogP contribution in [0.5, 0.6) is 0 Å². The molecule has 2 bridgehead atoms. The lowest BCUT2D eigenvalue weighted by atomic mass is 9.43. The molecule has 2 amide bonds. The highest BCUT2D eigenvalue weighted by atomic mass is 19.4. The molecule has 2 aromatic rings. The Balaban J connectivity index is 1.38. The highest BCUT2D eigenvalue weighted by Crippen LogP contribution is 2.65. The summed E-state index contributed by atoms with van der Waals surface area (Å²) in [7, 11) is 0.742. The number of allylic oxidation sites excluding steroid dienone is 1. The molecule has 4 aliphatic rings. The van der Waals surface area contributed by atoms with Gasteiger partial charge in [-0.2, -0.15) is 18.4 Å². The van der Waals surface area contributed by atoms with Crippen LogP contribution in [-0.2, 0) is 31.7 Å². The normalized spacial score (nSPS) is 25.5. The molecule has 6 atom stereocenters. The Kier molecular flexibility index (Phi) is 10.7. The van der Waals surface area contributed by atoms with Gasteiger partial charge in [-0.05, 0) is 79.0 Å². The molecule has 0 unspecified atom stereocenters. The van der Waals surface area contributed by atoms with Gasteiger partial charge in [0.25, 0.3) is 5.91 Å². The molecule has 0 aromatic heterocycles. The van der Waals surface area contributed by atoms with E-state index in [4.69, 9.17) is 9.31 Å². The van der Waals surface area contributed by atoms with E-state index in [1.807, 2.05) is 50.2 Å². The summed E-state index contributed by atoms with van der Waals surface area (Å²) in [4.78, 5) is 28.4. The van der Waals surface area contributed by atoms with Crippen LogP contribution in [0.1, 0.15) is 58.6 Å². The molecule has 0 radical (unpaired) electrons. The maximum Gasteiger partial charge on any atom is 0.482 e. The van der Waals surface area contributed by atoms with Crippen molar-refractivity contribution < 1.29 is 32.1 Å². The number of nitriles is 1. The van der Waals surface area contributed by atoms with Gasteiger partial charge in [0, 0.05) is 12.7 Å². The number of rotatable bonds is 12. The van der Waals surface area contributed by atoms with Gasteiger partial charge in [-0.3, -0.25) is 14.9 Å². The van der Waals surface area contributed by atoms with Crippen LogP contribution in [0.2, 0.25) is 0 Å². The molecular formula is C37H46BF3N4O4. The topological polar surface area (TPSA) is 104 Å². The Morgan fingerprint density at radius 1 is 1.08 bits per heavy atom. The van der Waals surface area contributed by atoms with E-state index in [9.17, 15) is 28.0 Å². The average molecular weight is 679 g/mol. The van der Waals surface area contributed by atoms with Crippen LogP contribution in [0.4, 0.5) is 18.9 Å². The minimum absolute atomic E-state index is 0.0118. The summed E-state index contributed by atoms with van der Waals surface area (Å²) in [5, 5.41) is 15.0. The molecule has 6 rings (SSSR count). The number of anilines is 1. The van der Waals surface area contributed by atoms with Crippen LogP contribution in [0.15, 0.2) is 66.2 Å². The fraction of sp³-hybridized carbons (Fsp3) is 0.541. The summed E-state index contributed by atoms with van der Waals surface area (Å²) in [6.07, 6.45) is -0.932. The second kappa shape index (κ2) is 14.3. The van der Waals surface area contributed by atoms with E-state index in [0.29, 0.717) is 29.5 Å². The first-order chi connectivity index (χ1) is 23.0. The second-order valence-corrected chi connectivity index (χ2v) is 14.9. The first-order valence-corrected chi connectivity index (χ1v) is 17.0. The summed E-state index contributed by atoms with van der Waals surface area (Å²) in [5.74, 6) is -0.992. The summed E-state index contributed by atoms with van der Waals surface area (Å²) in [6, 6.07) is 16.9. The Labute approximate surface area is 287 Å². The molecule has 1 aliphatic heterocycles. The molecule has 262 valence electrons. The van der Waals surface area contributed by atoms with E-state index in [0.717, 1.165) is 18.4 Å². The molecule has 49 heavy (non-hydrogen) atoms. The van der Waals surface area contributed by atoms with Crippen molar-refractivity contribution in [3.05, 3.63) is 77.4 Å². The van der Waals surface area contributed by atoms with E-state index in [-0.39, 0.29) is 29.4 Å². The third kappa shape index (κ3) is 8.06. The predicted molar refractivity (Wildman–Crippen MR) is 182 cm³/mol. The van der Waals surface area contributed by atoms with Gasteiger partial charge in [-0.1, -0.05) is 76.2 Å². The molecule has 12 heteroatoms. The van der Waals surface area contributed by atoms with Crippen molar-refractivity contribution >= 4 is 24.6 Å². The zero-order valence-electron chi connectivity index (χ0n) is 29.0. The molecule has 2 aromatic carbocycles. The smallest absolute Gasteiger partial charge is 0.404 e. The van der Waals surface area contributed by atoms with Crippen molar-refractivity contribution in [1.82, 2.24) is 10.6 Å². The highest BCUT2D eigenvalue weighted by molar-refractivity contribution is 6.48. The van der Waals surface area contributed by atoms with Gasteiger partial charge in [-0.25, -0.2) is 0 Å². The van der Waals surface area contributed by atoms with Crippen LogP contribution in [0.3, 0.4) is 0 Å². The number of nitrogens with one attached hydrogen (secondary N) is 2. The van der Waals surface area contributed by atoms with E-state index >= 15 is 0 Å². The monoisotopic (exact) mass is 678 g/mol. The maximum atomic E-state index is 14.0. The number of halogens is 3. The molecule has 8 nitrogen and oxygen atoms in total. The lowest BCUT2D eigenvalue weighted by Gasteiger charge is -2.64. The van der Waals surface area contributed by atoms with Crippen LogP contribution in [0, 0.1) is 34.5 Å². The summed E-state index contributed by atoms with van der Waals surface area (Å²) in [6.45, 7) is 8.95. The van der Waals surface area contributed by atoms with Gasteiger partial charge in [0.05, 0.1) is 30.2 Å². The molecule has 1 heterocycles. The highest BCUT2D eigenvalue weighted by Gasteiger charge is 2.68. The van der Waals surface area contributed by atoms with Crippen LogP contribution >= 0.6 is 0 Å². The third-order valence-electron chi connectivity index (χ3n) is 10.7. The van der Waals surface area contributed by atoms with Crippen molar-refractivity contribution in [3.63, 3.8) is 0 Å². The Morgan fingerprint density at radius 2 is 1.78 bits per heavy atom. The van der Waals surface area contributed by atoms with Crippen molar-refractivity contribution in [2.24, 2.45) is 23.2 Å². The lowest BCUT2D eigenvalue weighted by Crippen LogP contribution is -2.65. The van der Waals surface area contributed by atoms with E-state index < -0.39 is 49.2 Å². The number of hydrogen-bond acceptors (Lipinski definition) is 6. The lowest BCUT2D eigenvalue weighted by molar-refractivity contribution is -0.199. The van der Waals surface area contributed by atoms with Crippen molar-refractivity contribution in [3.8, 4) is 6.07 Å². The zero-order chi connectivity index (χ0) is 35.7. The number of benzene rings is 2. The Bertz CT molecular complexity index is 1590. The van der Waals surface area contributed by atoms with Gasteiger partial charge in [-0.15, -0.1) is 0 Å². The fourth-order valence-electron chi connectivity index (χ4n) is 7.85. The van der Waals surface area contributed by atoms with Crippen molar-refractivity contribution in [2.75, 3.05) is 18.5 Å². The molecular weight excluding hydrogens is 632 g/mol. The molecule has 0 spiro atoms. The number of likely N-dealkylation sites (N-methyl/N-ethyl adjacent to an activating group) is 1. The number of alkyl halides is 3. The van der Waals surface area contributed by atoms with Crippen molar-refractivity contribution in [1.29, 1.82) is 5.26 Å². The number of carbonyl (C=O) groups is 2. The van der Waals surface area contributed by atoms with E-state index in [1.165, 1.54) is 11.9 Å². The minimum atomic E-state index is -4.55. The van der Waals surface area contributed by atoms with E-state index in [1.54, 1.807) is 30.3 Å². The van der Waals surface area contributed by atoms with E-state index in [2.05, 4.69) is 31.4 Å². The van der Waals surface area contributed by atoms with Crippen LogP contribution in [0.25, 0.3) is 0 Å². The maximum absolute atomic E-state index is 14.0. The van der Waals surface area contributed by atoms with Gasteiger partial charge in [0.2, 0.25) is 5.91 Å². The van der Waals surface area contributed by atoms with Crippen molar-refractivity contribution in [2.45, 2.75) is 90.2 Å². The molecule has 3 aliphatic carbocycles. The molecule has 3 saturated carbocycles. The Morgan fingerprint density at radius 3 is 2.41 bits per heavy atom. The first kappa shape index (κ1) is 36.6. The summed E-state index contributed by atoms with van der Waals surface area (Å²) >= 11 is 0. The van der Waals surface area contributed by atoms with Gasteiger partial charge in [0.1, 0.15) is 11.6 Å². The third-order valence-corrected chi connectivity index (χ3v) is 10.7. The standard InChI is InChI=1S/C37H46BF3N4O4/c1-23(2)15-26(21-42)34(47)45(6)28-14-10-13-25(16-28)17-29(43-22-37(39,40)41)33(46)44-32(18-24-11-8-7-9-12-24)38-48-31-20-27-19-30(35(27,3)4)36(31,5)49-38/h7-16,23,27,29-32,43H,17-20,22H2,1-6H3,(H,44,46)/b26-15+/t27-,29+,30-,31+,32-,36-/m0/s1. The van der Waals surface area contributed by atoms with Gasteiger partial charge >= 0.3 is 13.3 Å². The minimum Gasteiger partial charge on any atom is -0.404 e. The first-order valence-electron chi connectivity index (χ1n) is 17.0. The number of nitrogens with zero attached hydrogens (tertiary/aromatic N) is 2. The number of amides is 2. The average Bonchev–Trinajstić information content (AvgIpc) is 3.42. The summed E-state index contributed by atoms with van der Waals surface area (Å²) < 4.78 is 53.7. The van der Waals surface area contributed by atoms with Crippen LogP contribution < -0.4 is 15.5 Å². The quantitative estimate of drug-likeness (QED) is 0.167. The molecule has 1 saturated heterocycles. The number of hydrogen-bond donors (Lipinski definition) is 2. The second-order valence-electron chi connectivity index (χ2n) is 14.9. The molecule has 4 fully saturated rings. The fourth-order valence-corrected chi connectivity index (χ4v) is 7.85. The van der Waals surface area contributed by atoms with Crippen LogP contribution in [-0.4, -0.2) is 62.4 Å².